The molecule has 0 atom stereocenters. The molecule has 1 aliphatic heterocycles. The number of carbonyl (C=O) groups is 1. The lowest BCUT2D eigenvalue weighted by atomic mass is 9.92. The quantitative estimate of drug-likeness (QED) is 0.794. The van der Waals surface area contributed by atoms with Gasteiger partial charge in [-0.3, -0.25) is 4.79 Å². The number of hydrogen-bond donors (Lipinski definition) is 1. The second kappa shape index (κ2) is 3.77. The number of carbonyl (C=O) groups excluding carboxylic acids is 1. The van der Waals surface area contributed by atoms with Crippen molar-refractivity contribution in [2.75, 3.05) is 23.8 Å². The molecule has 1 N–H and O–H groups in total. The molecule has 1 aliphatic rings. The number of fused-ring (bicyclic) bond motifs is 1. The molecular weight excluding hydrogens is 268 g/mol. The van der Waals surface area contributed by atoms with Crippen LogP contribution in [-0.2, 0) is 4.79 Å². The van der Waals surface area contributed by atoms with Crippen LogP contribution in [0.2, 0.25) is 0 Å². The van der Waals surface area contributed by atoms with Crippen molar-refractivity contribution in [1.29, 1.82) is 0 Å². The molecule has 0 spiro atoms. The van der Waals surface area contributed by atoms with Crippen LogP contribution in [0.25, 0.3) is 0 Å². The summed E-state index contributed by atoms with van der Waals surface area (Å²) in [5, 5.41) is 3.32. The number of anilines is 2. The Bertz CT molecular complexity index is 443. The number of amides is 1. The van der Waals surface area contributed by atoms with Gasteiger partial charge in [0.15, 0.2) is 0 Å². The van der Waals surface area contributed by atoms with Crippen LogP contribution in [0.3, 0.4) is 0 Å². The van der Waals surface area contributed by atoms with E-state index in [1.807, 2.05) is 39.1 Å². The van der Waals surface area contributed by atoms with Gasteiger partial charge in [-0.25, -0.2) is 0 Å². The Morgan fingerprint density at radius 3 is 2.81 bits per heavy atom. The van der Waals surface area contributed by atoms with E-state index in [1.54, 1.807) is 4.90 Å². The van der Waals surface area contributed by atoms with E-state index in [0.29, 0.717) is 6.54 Å². The van der Waals surface area contributed by atoms with Crippen LogP contribution in [0.15, 0.2) is 22.7 Å². The van der Waals surface area contributed by atoms with Crippen molar-refractivity contribution in [2.24, 2.45) is 5.41 Å². The van der Waals surface area contributed by atoms with E-state index >= 15 is 0 Å². The van der Waals surface area contributed by atoms with Crippen molar-refractivity contribution in [1.82, 2.24) is 0 Å². The number of nitrogens with one attached hydrogen (secondary N) is 1. The third kappa shape index (κ3) is 1.82. The summed E-state index contributed by atoms with van der Waals surface area (Å²) >= 11 is 3.44. The fourth-order valence-corrected chi connectivity index (χ4v) is 2.26. The molecule has 1 aromatic carbocycles. The summed E-state index contributed by atoms with van der Waals surface area (Å²) in [6, 6.07) is 5.90. The average Bonchev–Trinajstić information content (AvgIpc) is 2.31. The van der Waals surface area contributed by atoms with Gasteiger partial charge in [0.1, 0.15) is 0 Å². The van der Waals surface area contributed by atoms with Crippen LogP contribution >= 0.6 is 15.9 Å². The first-order valence-corrected chi connectivity index (χ1v) is 6.03. The van der Waals surface area contributed by atoms with Crippen LogP contribution in [0, 0.1) is 5.41 Å². The molecule has 0 radical (unpaired) electrons. The Labute approximate surface area is 104 Å². The molecule has 0 saturated heterocycles. The maximum Gasteiger partial charge on any atom is 0.234 e. The van der Waals surface area contributed by atoms with Crippen molar-refractivity contribution in [2.45, 2.75) is 13.8 Å². The predicted octanol–water partition coefficient (Wildman–Crippen LogP) is 2.86. The maximum atomic E-state index is 12.2. The van der Waals surface area contributed by atoms with Gasteiger partial charge < -0.3 is 10.2 Å². The van der Waals surface area contributed by atoms with Crippen LogP contribution < -0.4 is 10.2 Å². The highest BCUT2D eigenvalue weighted by molar-refractivity contribution is 9.10. The maximum absolute atomic E-state index is 12.2. The molecule has 1 amide bonds. The zero-order valence-corrected chi connectivity index (χ0v) is 11.3. The smallest absolute Gasteiger partial charge is 0.234 e. The van der Waals surface area contributed by atoms with E-state index in [1.165, 1.54) is 0 Å². The molecule has 0 unspecified atom stereocenters. The van der Waals surface area contributed by atoms with Gasteiger partial charge in [-0.05, 0) is 32.0 Å². The van der Waals surface area contributed by atoms with Gasteiger partial charge in [0.05, 0.1) is 16.8 Å². The van der Waals surface area contributed by atoms with E-state index in [9.17, 15) is 4.79 Å². The molecule has 1 heterocycles. The average molecular weight is 283 g/mol. The minimum absolute atomic E-state index is 0.140. The second-order valence-electron chi connectivity index (χ2n) is 4.76. The third-order valence-corrected chi connectivity index (χ3v) is 3.42. The normalized spacial score (nSPS) is 18.8. The Morgan fingerprint density at radius 1 is 1.44 bits per heavy atom. The van der Waals surface area contributed by atoms with Crippen molar-refractivity contribution in [3.05, 3.63) is 22.7 Å². The van der Waals surface area contributed by atoms with Gasteiger partial charge in [-0.1, -0.05) is 15.9 Å². The van der Waals surface area contributed by atoms with Crippen LogP contribution in [0.4, 0.5) is 11.4 Å². The Balaban J connectivity index is 2.50. The van der Waals surface area contributed by atoms with Crippen molar-refractivity contribution in [3.8, 4) is 0 Å². The standard InChI is InChI=1S/C12H15BrN2O/c1-12(2)7-14-9-6-8(13)4-5-10(9)15(3)11(12)16/h4-6,14H,7H2,1-3H3. The monoisotopic (exact) mass is 282 g/mol. The first-order chi connectivity index (χ1) is 7.42. The minimum Gasteiger partial charge on any atom is -0.382 e. The lowest BCUT2D eigenvalue weighted by Gasteiger charge is -2.25. The Hall–Kier alpha value is -1.03. The van der Waals surface area contributed by atoms with Crippen LogP contribution in [0.1, 0.15) is 13.8 Å². The topological polar surface area (TPSA) is 32.3 Å². The van der Waals surface area contributed by atoms with Gasteiger partial charge in [0.2, 0.25) is 5.91 Å². The fourth-order valence-electron chi connectivity index (χ4n) is 1.90. The van der Waals surface area contributed by atoms with Crippen molar-refractivity contribution >= 4 is 33.2 Å². The van der Waals surface area contributed by atoms with Gasteiger partial charge in [-0.15, -0.1) is 0 Å². The molecule has 0 bridgehead atoms. The summed E-state index contributed by atoms with van der Waals surface area (Å²) in [5.41, 5.74) is 1.55. The zero-order chi connectivity index (χ0) is 11.9. The molecule has 1 aromatic rings. The van der Waals surface area contributed by atoms with Crippen molar-refractivity contribution < 1.29 is 4.79 Å². The molecule has 0 fully saturated rings. The minimum atomic E-state index is -0.375. The van der Waals surface area contributed by atoms with E-state index in [4.69, 9.17) is 0 Å². The lowest BCUT2D eigenvalue weighted by molar-refractivity contribution is -0.125. The first kappa shape index (κ1) is 11.5. The molecule has 86 valence electrons. The van der Waals surface area contributed by atoms with E-state index in [-0.39, 0.29) is 11.3 Å². The molecule has 0 aliphatic carbocycles. The molecule has 2 rings (SSSR count). The van der Waals surface area contributed by atoms with Gasteiger partial charge in [0.25, 0.3) is 0 Å². The molecule has 4 heteroatoms. The molecule has 0 saturated carbocycles. The fraction of sp³-hybridized carbons (Fsp3) is 0.417. The highest BCUT2D eigenvalue weighted by Crippen LogP contribution is 2.35. The number of benzene rings is 1. The summed E-state index contributed by atoms with van der Waals surface area (Å²) in [5.74, 6) is 0.140. The summed E-state index contributed by atoms with van der Waals surface area (Å²) < 4.78 is 1.01. The Kier molecular flexibility index (Phi) is 2.70. The molecule has 0 aromatic heterocycles. The largest absolute Gasteiger partial charge is 0.382 e. The molecule has 3 nitrogen and oxygen atoms in total. The number of halogens is 1. The number of nitrogens with zero attached hydrogens (tertiary/aromatic N) is 1. The number of rotatable bonds is 0. The van der Waals surface area contributed by atoms with Gasteiger partial charge >= 0.3 is 0 Å². The summed E-state index contributed by atoms with van der Waals surface area (Å²) in [7, 11) is 1.82. The van der Waals surface area contributed by atoms with Gasteiger partial charge in [-0.2, -0.15) is 0 Å². The highest BCUT2D eigenvalue weighted by Gasteiger charge is 2.34. The Morgan fingerprint density at radius 2 is 2.12 bits per heavy atom. The predicted molar refractivity (Wildman–Crippen MR) is 69.8 cm³/mol. The summed E-state index contributed by atoms with van der Waals surface area (Å²) in [4.78, 5) is 13.9. The van der Waals surface area contributed by atoms with Crippen LogP contribution in [-0.4, -0.2) is 19.5 Å². The van der Waals surface area contributed by atoms with Crippen LogP contribution in [0.5, 0.6) is 0 Å². The first-order valence-electron chi connectivity index (χ1n) is 5.23. The number of hydrogen-bond acceptors (Lipinski definition) is 2. The van der Waals surface area contributed by atoms with Crippen molar-refractivity contribution in [3.63, 3.8) is 0 Å². The van der Waals surface area contributed by atoms with Gasteiger partial charge in [0, 0.05) is 18.1 Å². The SMILES string of the molecule is CN1C(=O)C(C)(C)CNc2cc(Br)ccc21. The lowest BCUT2D eigenvalue weighted by Crippen LogP contribution is -2.40. The van der Waals surface area contributed by atoms with E-state index in [2.05, 4.69) is 21.2 Å². The highest BCUT2D eigenvalue weighted by atomic mass is 79.9. The second-order valence-corrected chi connectivity index (χ2v) is 5.68. The molecular formula is C12H15BrN2O. The molecule has 16 heavy (non-hydrogen) atoms. The van der Waals surface area contributed by atoms with E-state index < -0.39 is 0 Å². The van der Waals surface area contributed by atoms with E-state index in [0.717, 1.165) is 15.8 Å². The summed E-state index contributed by atoms with van der Waals surface area (Å²) in [6.07, 6.45) is 0. The summed E-state index contributed by atoms with van der Waals surface area (Å²) in [6.45, 7) is 4.57. The third-order valence-electron chi connectivity index (χ3n) is 2.92. The zero-order valence-electron chi connectivity index (χ0n) is 9.67.